The molecule has 2 aliphatic rings. The summed E-state index contributed by atoms with van der Waals surface area (Å²) >= 11 is 0. The molecule has 0 radical (unpaired) electrons. The molecule has 1 saturated carbocycles. The number of fused-ring (bicyclic) bond motifs is 1. The van der Waals surface area contributed by atoms with Crippen molar-refractivity contribution < 1.29 is 0 Å². The second-order valence-corrected chi connectivity index (χ2v) is 8.98. The van der Waals surface area contributed by atoms with Gasteiger partial charge in [0.1, 0.15) is 5.65 Å². The van der Waals surface area contributed by atoms with Crippen LogP contribution in [0, 0.1) is 5.92 Å². The molecular formula is C25H31N5O. The minimum Gasteiger partial charge on any atom is -0.372 e. The van der Waals surface area contributed by atoms with Crippen LogP contribution in [-0.2, 0) is 6.54 Å². The molecule has 0 amide bonds. The van der Waals surface area contributed by atoms with E-state index in [0.29, 0.717) is 11.9 Å². The molecule has 0 unspecified atom stereocenters. The van der Waals surface area contributed by atoms with E-state index < -0.39 is 0 Å². The number of benzene rings is 1. The van der Waals surface area contributed by atoms with Gasteiger partial charge in [-0.2, -0.15) is 4.98 Å². The molecule has 0 atom stereocenters. The predicted octanol–water partition coefficient (Wildman–Crippen LogP) is 5.11. The SMILES string of the molecule is O=c1ccc2cnc(Nc3ccc(N4CCCCC4)cc3)nc2n1CC1CCCCC1. The van der Waals surface area contributed by atoms with Gasteiger partial charge in [0.25, 0.3) is 5.56 Å². The van der Waals surface area contributed by atoms with Crippen molar-refractivity contribution in [2.45, 2.75) is 57.9 Å². The van der Waals surface area contributed by atoms with E-state index in [2.05, 4.69) is 39.5 Å². The van der Waals surface area contributed by atoms with Crippen molar-refractivity contribution in [3.05, 3.63) is 52.9 Å². The zero-order valence-electron chi connectivity index (χ0n) is 18.1. The molecule has 2 fully saturated rings. The van der Waals surface area contributed by atoms with Gasteiger partial charge < -0.3 is 10.2 Å². The molecule has 162 valence electrons. The fraction of sp³-hybridized carbons (Fsp3) is 0.480. The van der Waals surface area contributed by atoms with Crippen molar-refractivity contribution in [2.24, 2.45) is 5.92 Å². The summed E-state index contributed by atoms with van der Waals surface area (Å²) < 4.78 is 1.84. The highest BCUT2D eigenvalue weighted by Gasteiger charge is 2.17. The maximum absolute atomic E-state index is 12.6. The van der Waals surface area contributed by atoms with E-state index >= 15 is 0 Å². The largest absolute Gasteiger partial charge is 0.372 e. The normalized spacial score (nSPS) is 17.7. The highest BCUT2D eigenvalue weighted by atomic mass is 16.1. The first-order chi connectivity index (χ1) is 15.3. The molecule has 1 saturated heterocycles. The molecule has 5 rings (SSSR count). The van der Waals surface area contributed by atoms with Crippen molar-refractivity contribution >= 4 is 28.4 Å². The Morgan fingerprint density at radius 2 is 1.65 bits per heavy atom. The third kappa shape index (κ3) is 4.58. The van der Waals surface area contributed by atoms with Gasteiger partial charge in [-0.3, -0.25) is 9.36 Å². The summed E-state index contributed by atoms with van der Waals surface area (Å²) in [6, 6.07) is 11.9. The molecule has 0 spiro atoms. The van der Waals surface area contributed by atoms with Gasteiger partial charge in [0, 0.05) is 48.7 Å². The van der Waals surface area contributed by atoms with Crippen molar-refractivity contribution in [2.75, 3.05) is 23.3 Å². The lowest BCUT2D eigenvalue weighted by Gasteiger charge is -2.28. The Labute approximate surface area is 183 Å². The minimum atomic E-state index is 0.0219. The maximum atomic E-state index is 12.6. The second kappa shape index (κ2) is 9.08. The zero-order chi connectivity index (χ0) is 21.0. The van der Waals surface area contributed by atoms with Crippen LogP contribution in [0.5, 0.6) is 0 Å². The summed E-state index contributed by atoms with van der Waals surface area (Å²) in [5.41, 5.74) is 2.97. The number of hydrogen-bond acceptors (Lipinski definition) is 5. The number of aromatic nitrogens is 3. The number of anilines is 3. The van der Waals surface area contributed by atoms with Crippen molar-refractivity contribution in [3.8, 4) is 0 Å². The van der Waals surface area contributed by atoms with Crippen LogP contribution < -0.4 is 15.8 Å². The molecule has 31 heavy (non-hydrogen) atoms. The second-order valence-electron chi connectivity index (χ2n) is 8.98. The molecule has 3 heterocycles. The first-order valence-electron chi connectivity index (χ1n) is 11.7. The summed E-state index contributed by atoms with van der Waals surface area (Å²) in [6.07, 6.45) is 11.9. The maximum Gasteiger partial charge on any atom is 0.252 e. The van der Waals surface area contributed by atoms with E-state index in [1.807, 2.05) is 16.8 Å². The van der Waals surface area contributed by atoms with E-state index in [4.69, 9.17) is 4.98 Å². The highest BCUT2D eigenvalue weighted by Crippen LogP contribution is 2.26. The Morgan fingerprint density at radius 3 is 2.42 bits per heavy atom. The fourth-order valence-corrected chi connectivity index (χ4v) is 4.97. The number of hydrogen-bond donors (Lipinski definition) is 1. The first-order valence-corrected chi connectivity index (χ1v) is 11.7. The van der Waals surface area contributed by atoms with Gasteiger partial charge in [0.2, 0.25) is 5.95 Å². The predicted molar refractivity (Wildman–Crippen MR) is 126 cm³/mol. The molecule has 0 bridgehead atoms. The molecule has 3 aromatic rings. The lowest BCUT2D eigenvalue weighted by atomic mass is 9.89. The lowest BCUT2D eigenvalue weighted by Crippen LogP contribution is -2.29. The van der Waals surface area contributed by atoms with E-state index in [-0.39, 0.29) is 5.56 Å². The zero-order valence-corrected chi connectivity index (χ0v) is 18.1. The third-order valence-electron chi connectivity index (χ3n) is 6.73. The quantitative estimate of drug-likeness (QED) is 0.625. The van der Waals surface area contributed by atoms with E-state index in [1.165, 1.54) is 57.1 Å². The fourth-order valence-electron chi connectivity index (χ4n) is 4.97. The van der Waals surface area contributed by atoms with Gasteiger partial charge in [-0.25, -0.2) is 4.98 Å². The summed E-state index contributed by atoms with van der Waals surface area (Å²) in [4.78, 5) is 24.3. The summed E-state index contributed by atoms with van der Waals surface area (Å²) in [6.45, 7) is 3.02. The van der Waals surface area contributed by atoms with Crippen molar-refractivity contribution in [1.82, 2.24) is 14.5 Å². The average molecular weight is 418 g/mol. The van der Waals surface area contributed by atoms with Crippen molar-refractivity contribution in [3.63, 3.8) is 0 Å². The minimum absolute atomic E-state index is 0.0219. The van der Waals surface area contributed by atoms with Crippen LogP contribution >= 0.6 is 0 Å². The molecule has 1 N–H and O–H groups in total. The van der Waals surface area contributed by atoms with Gasteiger partial charge >= 0.3 is 0 Å². The molecule has 2 aromatic heterocycles. The van der Waals surface area contributed by atoms with Crippen LogP contribution in [0.15, 0.2) is 47.4 Å². The van der Waals surface area contributed by atoms with Gasteiger partial charge in [0.15, 0.2) is 0 Å². The molecule has 1 aliphatic carbocycles. The van der Waals surface area contributed by atoms with Crippen LogP contribution in [0.2, 0.25) is 0 Å². The van der Waals surface area contributed by atoms with Gasteiger partial charge in [-0.1, -0.05) is 19.3 Å². The molecule has 6 nitrogen and oxygen atoms in total. The Kier molecular flexibility index (Phi) is 5.87. The molecule has 6 heteroatoms. The Hall–Kier alpha value is -2.89. The summed E-state index contributed by atoms with van der Waals surface area (Å²) in [5, 5.41) is 4.22. The standard InChI is InChI=1S/C25H31N5O/c31-23-14-9-20-17-26-25(28-24(20)30(23)18-19-7-3-1-4-8-19)27-21-10-12-22(13-11-21)29-15-5-2-6-16-29/h9-14,17,19H,1-8,15-16,18H2,(H,26,27,28). The van der Waals surface area contributed by atoms with Gasteiger partial charge in [-0.05, 0) is 68.4 Å². The number of rotatable bonds is 5. The Morgan fingerprint density at radius 1 is 0.903 bits per heavy atom. The monoisotopic (exact) mass is 417 g/mol. The Bertz CT molecular complexity index is 1080. The number of nitrogens with one attached hydrogen (secondary N) is 1. The Balaban J connectivity index is 1.37. The average Bonchev–Trinajstić information content (AvgIpc) is 2.83. The van der Waals surface area contributed by atoms with Gasteiger partial charge in [-0.15, -0.1) is 0 Å². The van der Waals surface area contributed by atoms with Crippen LogP contribution in [0.3, 0.4) is 0 Å². The van der Waals surface area contributed by atoms with E-state index in [0.717, 1.165) is 36.4 Å². The molecular weight excluding hydrogens is 386 g/mol. The summed E-state index contributed by atoms with van der Waals surface area (Å²) in [7, 11) is 0. The lowest BCUT2D eigenvalue weighted by molar-refractivity contribution is 0.319. The van der Waals surface area contributed by atoms with Crippen LogP contribution in [0.4, 0.5) is 17.3 Å². The topological polar surface area (TPSA) is 63.1 Å². The van der Waals surface area contributed by atoms with Crippen molar-refractivity contribution in [1.29, 1.82) is 0 Å². The number of pyridine rings is 1. The van der Waals surface area contributed by atoms with Crippen LogP contribution in [0.25, 0.3) is 11.0 Å². The van der Waals surface area contributed by atoms with Crippen LogP contribution in [-0.4, -0.2) is 27.6 Å². The van der Waals surface area contributed by atoms with Gasteiger partial charge in [0.05, 0.1) is 0 Å². The molecule has 1 aliphatic heterocycles. The number of nitrogens with zero attached hydrogens (tertiary/aromatic N) is 4. The van der Waals surface area contributed by atoms with E-state index in [9.17, 15) is 4.79 Å². The van der Waals surface area contributed by atoms with Crippen LogP contribution in [0.1, 0.15) is 51.4 Å². The first kappa shape index (κ1) is 20.0. The smallest absolute Gasteiger partial charge is 0.252 e. The third-order valence-corrected chi connectivity index (χ3v) is 6.73. The summed E-state index contributed by atoms with van der Waals surface area (Å²) in [5.74, 6) is 1.09. The highest BCUT2D eigenvalue weighted by molar-refractivity contribution is 5.75. The van der Waals surface area contributed by atoms with E-state index in [1.54, 1.807) is 6.07 Å². The number of piperidine rings is 1. The molecule has 1 aromatic carbocycles.